The van der Waals surface area contributed by atoms with Crippen LogP contribution in [0.1, 0.15) is 35.1 Å². The lowest BCUT2D eigenvalue weighted by atomic mass is 9.54. The first-order valence-electron chi connectivity index (χ1n) is 10.7. The molecule has 2 saturated heterocycles. The van der Waals surface area contributed by atoms with Gasteiger partial charge < -0.3 is 14.5 Å². The third kappa shape index (κ3) is 2.96. The first-order valence-corrected chi connectivity index (χ1v) is 10.7. The zero-order valence-corrected chi connectivity index (χ0v) is 17.6. The van der Waals surface area contributed by atoms with Gasteiger partial charge in [-0.15, -0.1) is 0 Å². The fourth-order valence-corrected chi connectivity index (χ4v) is 6.03. The van der Waals surface area contributed by atoms with Gasteiger partial charge in [0.05, 0.1) is 7.11 Å². The maximum Gasteiger partial charge on any atom is 0.223 e. The number of amides is 1. The summed E-state index contributed by atoms with van der Waals surface area (Å²) in [4.78, 5) is 18.0. The van der Waals surface area contributed by atoms with Crippen molar-refractivity contribution in [3.8, 4) is 5.75 Å². The Morgan fingerprint density at radius 3 is 2.72 bits per heavy atom. The first kappa shape index (κ1) is 18.7. The molecule has 152 valence electrons. The van der Waals surface area contributed by atoms with Crippen LogP contribution in [0.4, 0.5) is 0 Å². The number of methoxy groups -OCH3 is 1. The number of rotatable bonds is 3. The van der Waals surface area contributed by atoms with Gasteiger partial charge in [-0.1, -0.05) is 35.9 Å². The van der Waals surface area contributed by atoms with E-state index in [1.807, 2.05) is 12.1 Å². The summed E-state index contributed by atoms with van der Waals surface area (Å²) in [6.07, 6.45) is 2.83. The lowest BCUT2D eigenvalue weighted by Crippen LogP contribution is -2.65. The second-order valence-corrected chi connectivity index (χ2v) is 9.22. The minimum Gasteiger partial charge on any atom is -0.497 e. The van der Waals surface area contributed by atoms with E-state index in [1.165, 1.54) is 22.3 Å². The quantitative estimate of drug-likeness (QED) is 0.804. The minimum absolute atomic E-state index is 0.0181. The third-order valence-electron chi connectivity index (χ3n) is 7.65. The molecule has 0 aromatic heterocycles. The number of likely N-dealkylation sites (N-methyl/N-ethyl adjacent to an activating group) is 1. The fraction of sp³-hybridized carbons (Fsp3) is 0.480. The van der Waals surface area contributed by atoms with Crippen LogP contribution in [-0.2, 0) is 23.2 Å². The van der Waals surface area contributed by atoms with Crippen molar-refractivity contribution in [2.75, 3.05) is 27.2 Å². The molecule has 2 aromatic carbocycles. The van der Waals surface area contributed by atoms with Gasteiger partial charge in [-0.25, -0.2) is 0 Å². The van der Waals surface area contributed by atoms with Crippen molar-refractivity contribution in [2.45, 2.75) is 44.2 Å². The standard InChI is InChI=1S/C25H30N2O2/c1-17-4-7-19-13-23-22-16-27(15-18-5-8-20(29-3)9-6-18)24(28)14-25(22,21(19)12-17)10-11-26(23)2/h4-9,12,22-23H,10-11,13-16H2,1-3H3/t22-,23+,25+/m0/s1. The van der Waals surface area contributed by atoms with E-state index in [1.54, 1.807) is 7.11 Å². The van der Waals surface area contributed by atoms with Crippen molar-refractivity contribution in [3.63, 3.8) is 0 Å². The Labute approximate surface area is 173 Å². The Hall–Kier alpha value is -2.33. The van der Waals surface area contributed by atoms with Crippen LogP contribution >= 0.6 is 0 Å². The van der Waals surface area contributed by atoms with E-state index in [0.29, 0.717) is 30.8 Å². The first-order chi connectivity index (χ1) is 14.0. The molecule has 0 radical (unpaired) electrons. The van der Waals surface area contributed by atoms with Gasteiger partial charge in [0, 0.05) is 36.9 Å². The van der Waals surface area contributed by atoms with E-state index in [-0.39, 0.29) is 5.41 Å². The Bertz CT molecular complexity index is 938. The number of carbonyl (C=O) groups is 1. The molecule has 2 aliphatic heterocycles. The number of hydrogen-bond donors (Lipinski definition) is 0. The lowest BCUT2D eigenvalue weighted by molar-refractivity contribution is -0.144. The average Bonchev–Trinajstić information content (AvgIpc) is 2.72. The van der Waals surface area contributed by atoms with Gasteiger partial charge in [-0.2, -0.15) is 0 Å². The zero-order chi connectivity index (χ0) is 20.2. The van der Waals surface area contributed by atoms with E-state index in [2.05, 4.69) is 54.1 Å². The highest BCUT2D eigenvalue weighted by Crippen LogP contribution is 2.53. The molecular formula is C25H30N2O2. The molecule has 5 rings (SSSR count). The van der Waals surface area contributed by atoms with Crippen molar-refractivity contribution < 1.29 is 9.53 Å². The number of carbonyl (C=O) groups excluding carboxylic acids is 1. The van der Waals surface area contributed by atoms with Crippen molar-refractivity contribution in [1.29, 1.82) is 0 Å². The van der Waals surface area contributed by atoms with Gasteiger partial charge in [0.2, 0.25) is 5.91 Å². The number of piperidine rings is 2. The summed E-state index contributed by atoms with van der Waals surface area (Å²) in [5.74, 6) is 1.66. The van der Waals surface area contributed by atoms with Crippen LogP contribution in [0, 0.1) is 12.8 Å². The summed E-state index contributed by atoms with van der Waals surface area (Å²) in [7, 11) is 3.94. The fourth-order valence-electron chi connectivity index (χ4n) is 6.03. The smallest absolute Gasteiger partial charge is 0.223 e. The van der Waals surface area contributed by atoms with Gasteiger partial charge >= 0.3 is 0 Å². The van der Waals surface area contributed by atoms with Crippen LogP contribution in [0.2, 0.25) is 0 Å². The number of aryl methyl sites for hydroxylation is 1. The summed E-state index contributed by atoms with van der Waals surface area (Å²) in [6, 6.07) is 15.5. The van der Waals surface area contributed by atoms with E-state index >= 15 is 0 Å². The maximum atomic E-state index is 13.3. The van der Waals surface area contributed by atoms with Crippen LogP contribution in [0.3, 0.4) is 0 Å². The number of likely N-dealkylation sites (tertiary alicyclic amines) is 2. The molecule has 0 spiro atoms. The summed E-state index contributed by atoms with van der Waals surface area (Å²) in [6.45, 7) is 4.80. The summed E-state index contributed by atoms with van der Waals surface area (Å²) in [5.41, 5.74) is 5.41. The van der Waals surface area contributed by atoms with Crippen LogP contribution in [0.5, 0.6) is 5.75 Å². The largest absolute Gasteiger partial charge is 0.497 e. The predicted octanol–water partition coefficient (Wildman–Crippen LogP) is 3.55. The maximum absolute atomic E-state index is 13.3. The molecule has 2 heterocycles. The summed E-state index contributed by atoms with van der Waals surface area (Å²) in [5, 5.41) is 0. The van der Waals surface area contributed by atoms with E-state index in [0.717, 1.165) is 31.7 Å². The second-order valence-electron chi connectivity index (χ2n) is 9.22. The Balaban J connectivity index is 1.48. The molecular weight excluding hydrogens is 360 g/mol. The molecule has 0 N–H and O–H groups in total. The summed E-state index contributed by atoms with van der Waals surface area (Å²) >= 11 is 0. The van der Waals surface area contributed by atoms with E-state index in [4.69, 9.17) is 4.74 Å². The van der Waals surface area contributed by atoms with Gasteiger partial charge in [0.1, 0.15) is 5.75 Å². The molecule has 1 aliphatic carbocycles. The Morgan fingerprint density at radius 1 is 1.17 bits per heavy atom. The monoisotopic (exact) mass is 390 g/mol. The Kier molecular flexibility index (Phi) is 4.43. The van der Waals surface area contributed by atoms with Crippen molar-refractivity contribution in [2.24, 2.45) is 5.92 Å². The SMILES string of the molecule is COc1ccc(CN2C[C@H]3[C@H]4Cc5ccc(C)cc5[C@@]3(CCN4C)CC2=O)cc1. The number of hydrogen-bond acceptors (Lipinski definition) is 3. The highest BCUT2D eigenvalue weighted by atomic mass is 16.5. The average molecular weight is 391 g/mol. The highest BCUT2D eigenvalue weighted by molar-refractivity contribution is 5.80. The molecule has 2 aromatic rings. The van der Waals surface area contributed by atoms with E-state index in [9.17, 15) is 4.79 Å². The van der Waals surface area contributed by atoms with Gasteiger partial charge in [-0.3, -0.25) is 4.79 Å². The molecule has 4 nitrogen and oxygen atoms in total. The van der Waals surface area contributed by atoms with Crippen molar-refractivity contribution in [1.82, 2.24) is 9.80 Å². The number of benzene rings is 2. The van der Waals surface area contributed by atoms with Crippen LogP contribution in [0.25, 0.3) is 0 Å². The van der Waals surface area contributed by atoms with Crippen LogP contribution in [0.15, 0.2) is 42.5 Å². The number of ether oxygens (including phenoxy) is 1. The van der Waals surface area contributed by atoms with Crippen molar-refractivity contribution >= 4 is 5.91 Å². The molecule has 4 heteroatoms. The molecule has 0 unspecified atom stereocenters. The summed E-state index contributed by atoms with van der Waals surface area (Å²) < 4.78 is 5.27. The second kappa shape index (κ2) is 6.88. The van der Waals surface area contributed by atoms with Gasteiger partial charge in [0.25, 0.3) is 0 Å². The van der Waals surface area contributed by atoms with Crippen LogP contribution < -0.4 is 4.74 Å². The predicted molar refractivity (Wildman–Crippen MR) is 114 cm³/mol. The Morgan fingerprint density at radius 2 is 1.97 bits per heavy atom. The molecule has 2 fully saturated rings. The highest BCUT2D eigenvalue weighted by Gasteiger charge is 2.56. The molecule has 29 heavy (non-hydrogen) atoms. The molecule has 3 atom stereocenters. The van der Waals surface area contributed by atoms with E-state index < -0.39 is 0 Å². The molecule has 2 bridgehead atoms. The van der Waals surface area contributed by atoms with Crippen molar-refractivity contribution in [3.05, 3.63) is 64.7 Å². The minimum atomic E-state index is 0.0181. The zero-order valence-electron chi connectivity index (χ0n) is 17.6. The van der Waals surface area contributed by atoms with Gasteiger partial charge in [0.15, 0.2) is 0 Å². The normalized spacial score (nSPS) is 28.7. The van der Waals surface area contributed by atoms with Gasteiger partial charge in [-0.05, 0) is 62.2 Å². The molecule has 1 amide bonds. The number of nitrogens with zero attached hydrogens (tertiary/aromatic N) is 2. The topological polar surface area (TPSA) is 32.8 Å². The molecule has 3 aliphatic rings. The number of fused-ring (bicyclic) bond motifs is 1. The molecule has 0 saturated carbocycles. The van der Waals surface area contributed by atoms with Crippen LogP contribution in [-0.4, -0.2) is 49.0 Å². The third-order valence-corrected chi connectivity index (χ3v) is 7.65. The lowest BCUT2D eigenvalue weighted by Gasteiger charge is -2.59.